The molecule has 0 bridgehead atoms. The number of anilines is 3. The van der Waals surface area contributed by atoms with E-state index in [1.165, 1.54) is 18.2 Å². The second kappa shape index (κ2) is 4.97. The monoisotopic (exact) mass is 259 g/mol. The Bertz CT molecular complexity index is 641. The molecule has 19 heavy (non-hydrogen) atoms. The van der Waals surface area contributed by atoms with Crippen molar-refractivity contribution in [2.75, 3.05) is 11.1 Å². The van der Waals surface area contributed by atoms with Crippen molar-refractivity contribution >= 4 is 23.0 Å². The minimum absolute atomic E-state index is 0.292. The maximum Gasteiger partial charge on any atom is 0.248 e. The molecule has 2 aromatic rings. The fourth-order valence-electron chi connectivity index (χ4n) is 1.74. The largest absolute Gasteiger partial charge is 0.397 e. The molecule has 0 atom stereocenters. The molecule has 5 heteroatoms. The van der Waals surface area contributed by atoms with Crippen LogP contribution in [0.25, 0.3) is 0 Å². The number of hydrogen-bond acceptors (Lipinski definition) is 3. The number of nitrogens with one attached hydrogen (secondary N) is 1. The van der Waals surface area contributed by atoms with Crippen molar-refractivity contribution in [1.29, 1.82) is 0 Å². The van der Waals surface area contributed by atoms with Crippen LogP contribution in [0.3, 0.4) is 0 Å². The van der Waals surface area contributed by atoms with E-state index in [-0.39, 0.29) is 5.82 Å². The molecule has 2 rings (SSSR count). The van der Waals surface area contributed by atoms with Crippen LogP contribution in [0.15, 0.2) is 36.4 Å². The number of rotatable bonds is 3. The van der Waals surface area contributed by atoms with Crippen LogP contribution in [-0.4, -0.2) is 5.91 Å². The normalized spacial score (nSPS) is 10.2. The molecular formula is C14H14FN3O. The highest BCUT2D eigenvalue weighted by Crippen LogP contribution is 2.26. The van der Waals surface area contributed by atoms with Gasteiger partial charge < -0.3 is 16.8 Å². The third-order valence-corrected chi connectivity index (χ3v) is 2.79. The highest BCUT2D eigenvalue weighted by Gasteiger charge is 2.06. The van der Waals surface area contributed by atoms with E-state index in [2.05, 4.69) is 5.32 Å². The molecule has 1 amide bonds. The fourth-order valence-corrected chi connectivity index (χ4v) is 1.74. The average molecular weight is 259 g/mol. The van der Waals surface area contributed by atoms with Gasteiger partial charge in [-0.1, -0.05) is 0 Å². The van der Waals surface area contributed by atoms with Crippen LogP contribution in [0.1, 0.15) is 15.9 Å². The number of benzene rings is 2. The molecular weight excluding hydrogens is 245 g/mol. The van der Waals surface area contributed by atoms with E-state index < -0.39 is 5.91 Å². The smallest absolute Gasteiger partial charge is 0.248 e. The van der Waals surface area contributed by atoms with Crippen LogP contribution in [0.5, 0.6) is 0 Å². The Labute approximate surface area is 110 Å². The number of carbonyl (C=O) groups excluding carboxylic acids is 1. The Morgan fingerprint density at radius 3 is 2.42 bits per heavy atom. The molecule has 0 spiro atoms. The van der Waals surface area contributed by atoms with Gasteiger partial charge in [-0.2, -0.15) is 0 Å². The summed E-state index contributed by atoms with van der Waals surface area (Å²) in [5, 5.41) is 3.09. The molecule has 5 N–H and O–H groups in total. The number of aryl methyl sites for hydroxylation is 1. The maximum absolute atomic E-state index is 13.0. The van der Waals surface area contributed by atoms with Crippen LogP contribution < -0.4 is 16.8 Å². The molecule has 0 unspecified atom stereocenters. The van der Waals surface area contributed by atoms with Gasteiger partial charge in [0.2, 0.25) is 5.91 Å². The second-order valence-electron chi connectivity index (χ2n) is 4.25. The van der Waals surface area contributed by atoms with Gasteiger partial charge in [0.1, 0.15) is 5.82 Å². The van der Waals surface area contributed by atoms with Crippen molar-refractivity contribution in [2.24, 2.45) is 5.73 Å². The third-order valence-electron chi connectivity index (χ3n) is 2.79. The van der Waals surface area contributed by atoms with Crippen LogP contribution in [0, 0.1) is 12.7 Å². The summed E-state index contributed by atoms with van der Waals surface area (Å²) in [5.41, 5.74) is 13.9. The molecule has 0 radical (unpaired) electrons. The van der Waals surface area contributed by atoms with Gasteiger partial charge in [-0.3, -0.25) is 4.79 Å². The van der Waals surface area contributed by atoms with Gasteiger partial charge in [-0.25, -0.2) is 4.39 Å². The van der Waals surface area contributed by atoms with E-state index in [9.17, 15) is 9.18 Å². The number of nitrogens with two attached hydrogens (primary N) is 2. The summed E-state index contributed by atoms with van der Waals surface area (Å²) in [4.78, 5) is 11.0. The number of halogens is 1. The van der Waals surface area contributed by atoms with Gasteiger partial charge in [0, 0.05) is 11.3 Å². The molecule has 4 nitrogen and oxygen atoms in total. The molecule has 0 saturated heterocycles. The number of amides is 1. The zero-order valence-corrected chi connectivity index (χ0v) is 10.4. The van der Waals surface area contributed by atoms with Crippen molar-refractivity contribution in [3.05, 3.63) is 53.3 Å². The summed E-state index contributed by atoms with van der Waals surface area (Å²) in [7, 11) is 0. The molecule has 0 aromatic heterocycles. The molecule has 98 valence electrons. The second-order valence-corrected chi connectivity index (χ2v) is 4.25. The summed E-state index contributed by atoms with van der Waals surface area (Å²) >= 11 is 0. The topological polar surface area (TPSA) is 81.1 Å². The van der Waals surface area contributed by atoms with Crippen molar-refractivity contribution in [3.63, 3.8) is 0 Å². The summed E-state index contributed by atoms with van der Waals surface area (Å²) in [6, 6.07) is 9.17. The fraction of sp³-hybridized carbons (Fsp3) is 0.0714. The van der Waals surface area contributed by atoms with Crippen molar-refractivity contribution in [1.82, 2.24) is 0 Å². The molecule has 0 saturated carbocycles. The lowest BCUT2D eigenvalue weighted by Gasteiger charge is -2.12. The summed E-state index contributed by atoms with van der Waals surface area (Å²) < 4.78 is 13.0. The Hall–Kier alpha value is -2.56. The van der Waals surface area contributed by atoms with Crippen LogP contribution in [-0.2, 0) is 0 Å². The Balaban J connectivity index is 2.31. The van der Waals surface area contributed by atoms with Gasteiger partial charge in [-0.15, -0.1) is 0 Å². The third kappa shape index (κ3) is 2.82. The van der Waals surface area contributed by atoms with E-state index >= 15 is 0 Å². The van der Waals surface area contributed by atoms with Crippen molar-refractivity contribution in [3.8, 4) is 0 Å². The Kier molecular flexibility index (Phi) is 3.37. The first-order chi connectivity index (χ1) is 8.97. The van der Waals surface area contributed by atoms with E-state index in [0.29, 0.717) is 16.9 Å². The molecule has 0 aliphatic rings. The van der Waals surface area contributed by atoms with Gasteiger partial charge >= 0.3 is 0 Å². The van der Waals surface area contributed by atoms with E-state index in [4.69, 9.17) is 11.5 Å². The van der Waals surface area contributed by atoms with E-state index in [0.717, 1.165) is 11.3 Å². The molecule has 2 aromatic carbocycles. The van der Waals surface area contributed by atoms with E-state index in [1.807, 2.05) is 0 Å². The lowest BCUT2D eigenvalue weighted by molar-refractivity contribution is 0.100. The van der Waals surface area contributed by atoms with Gasteiger partial charge in [0.25, 0.3) is 0 Å². The van der Waals surface area contributed by atoms with Crippen LogP contribution in [0.4, 0.5) is 21.5 Å². The lowest BCUT2D eigenvalue weighted by atomic mass is 10.1. The summed E-state index contributed by atoms with van der Waals surface area (Å²) in [6.45, 7) is 1.79. The van der Waals surface area contributed by atoms with E-state index in [1.54, 1.807) is 25.1 Å². The quantitative estimate of drug-likeness (QED) is 0.741. The maximum atomic E-state index is 13.0. The summed E-state index contributed by atoms with van der Waals surface area (Å²) in [6.07, 6.45) is 0. The summed E-state index contributed by atoms with van der Waals surface area (Å²) in [5.74, 6) is -0.823. The highest BCUT2D eigenvalue weighted by atomic mass is 19.1. The van der Waals surface area contributed by atoms with Crippen LogP contribution >= 0.6 is 0 Å². The van der Waals surface area contributed by atoms with Crippen molar-refractivity contribution in [2.45, 2.75) is 6.92 Å². The molecule has 0 fully saturated rings. The highest BCUT2D eigenvalue weighted by molar-refractivity contribution is 5.95. The van der Waals surface area contributed by atoms with Gasteiger partial charge in [-0.05, 0) is 48.9 Å². The number of hydrogen-bond donors (Lipinski definition) is 3. The number of carbonyl (C=O) groups is 1. The minimum atomic E-state index is -0.531. The zero-order valence-electron chi connectivity index (χ0n) is 10.4. The minimum Gasteiger partial charge on any atom is -0.397 e. The zero-order chi connectivity index (χ0) is 14.0. The molecule has 0 aliphatic carbocycles. The SMILES string of the molecule is Cc1cc(F)ccc1Nc1ccc(C(N)=O)cc1N. The van der Waals surface area contributed by atoms with Crippen molar-refractivity contribution < 1.29 is 9.18 Å². The first kappa shape index (κ1) is 12.9. The predicted molar refractivity (Wildman–Crippen MR) is 73.8 cm³/mol. The standard InChI is InChI=1S/C14H14FN3O/c1-8-6-10(15)3-5-12(8)18-13-4-2-9(14(17)19)7-11(13)16/h2-7,18H,16H2,1H3,(H2,17,19). The van der Waals surface area contributed by atoms with Gasteiger partial charge in [0.05, 0.1) is 11.4 Å². The number of nitrogen functional groups attached to an aromatic ring is 1. The van der Waals surface area contributed by atoms with Gasteiger partial charge in [0.15, 0.2) is 0 Å². The molecule has 0 aliphatic heterocycles. The average Bonchev–Trinajstić information content (AvgIpc) is 2.34. The first-order valence-corrected chi connectivity index (χ1v) is 5.70. The Morgan fingerprint density at radius 1 is 1.16 bits per heavy atom. The predicted octanol–water partition coefficient (Wildman–Crippen LogP) is 2.56. The van der Waals surface area contributed by atoms with Crippen LogP contribution in [0.2, 0.25) is 0 Å². The first-order valence-electron chi connectivity index (χ1n) is 5.70. The number of primary amides is 1. The lowest BCUT2D eigenvalue weighted by Crippen LogP contribution is -2.11. The Morgan fingerprint density at radius 2 is 1.84 bits per heavy atom. The molecule has 0 heterocycles.